The highest BCUT2D eigenvalue weighted by Crippen LogP contribution is 2.24. The van der Waals surface area contributed by atoms with E-state index >= 15 is 0 Å². The van der Waals surface area contributed by atoms with Gasteiger partial charge in [0, 0.05) is 17.3 Å². The molecule has 0 aromatic heterocycles. The molecule has 0 saturated heterocycles. The van der Waals surface area contributed by atoms with Crippen LogP contribution in [0.5, 0.6) is 0 Å². The molecule has 0 aliphatic rings. The van der Waals surface area contributed by atoms with Crippen molar-refractivity contribution in [1.29, 1.82) is 0 Å². The number of carbonyl (C=O) groups is 1. The fraction of sp³-hybridized carbons (Fsp3) is 0.650. The Labute approximate surface area is 194 Å². The van der Waals surface area contributed by atoms with E-state index in [1.165, 1.54) is 38.5 Å². The number of alkyl halides is 3. The van der Waals surface area contributed by atoms with Crippen molar-refractivity contribution in [2.45, 2.75) is 77.0 Å². The smallest absolute Gasteiger partial charge is 0.331 e. The predicted molar refractivity (Wildman–Crippen MR) is 136 cm³/mol. The number of allylic oxidation sites excluding steroid dienone is 5. The zero-order valence-electron chi connectivity index (χ0n) is 15.3. The van der Waals surface area contributed by atoms with Crippen LogP contribution >= 0.6 is 67.8 Å². The van der Waals surface area contributed by atoms with Gasteiger partial charge in [-0.25, -0.2) is 4.79 Å². The van der Waals surface area contributed by atoms with E-state index < -0.39 is 5.97 Å². The summed E-state index contributed by atoms with van der Waals surface area (Å²) < 4.78 is 2.31. The molecule has 3 atom stereocenters. The van der Waals surface area contributed by atoms with Crippen molar-refractivity contribution in [2.24, 2.45) is 0 Å². The molecule has 0 amide bonds. The number of aliphatic carboxylic acids is 1. The second-order valence-electron chi connectivity index (χ2n) is 6.13. The fourth-order valence-corrected chi connectivity index (χ4v) is 4.68. The first kappa shape index (κ1) is 25.9. The quantitative estimate of drug-likeness (QED) is 0.0883. The van der Waals surface area contributed by atoms with Crippen LogP contribution in [0.2, 0.25) is 0 Å². The van der Waals surface area contributed by atoms with Gasteiger partial charge in [0.05, 0.1) is 0 Å². The molecule has 144 valence electrons. The number of carboxylic acids is 1. The molecule has 3 unspecified atom stereocenters. The second-order valence-corrected chi connectivity index (χ2v) is 11.4. The van der Waals surface area contributed by atoms with E-state index in [9.17, 15) is 4.79 Å². The molecule has 0 fully saturated rings. The average Bonchev–Trinajstić information content (AvgIpc) is 2.57. The molecule has 0 aromatic carbocycles. The highest BCUT2D eigenvalue weighted by atomic mass is 127. The number of hydrogen-bond donors (Lipinski definition) is 1. The third kappa shape index (κ3) is 15.6. The highest BCUT2D eigenvalue weighted by Gasteiger charge is 2.10. The minimum Gasteiger partial charge on any atom is -0.478 e. The zero-order valence-corrected chi connectivity index (χ0v) is 21.7. The van der Waals surface area contributed by atoms with E-state index in [0.29, 0.717) is 15.9 Å². The van der Waals surface area contributed by atoms with Gasteiger partial charge in [0.2, 0.25) is 0 Å². The molecule has 0 aliphatic heterocycles. The van der Waals surface area contributed by atoms with E-state index in [0.717, 1.165) is 14.3 Å². The molecular formula is C20H31I3O2. The van der Waals surface area contributed by atoms with Gasteiger partial charge in [-0.05, 0) is 44.9 Å². The van der Waals surface area contributed by atoms with E-state index in [-0.39, 0.29) is 0 Å². The molecular weight excluding hydrogens is 653 g/mol. The highest BCUT2D eigenvalue weighted by molar-refractivity contribution is 14.1. The zero-order chi connectivity index (χ0) is 19.1. The molecule has 0 radical (unpaired) electrons. The minimum atomic E-state index is -0.833. The standard InChI is InChI=1S/C20H31I3O2/c1-3-9-17(21)12-14-19(23)15-13-18(22)11-8-6-5-7-10-16(4-2)20(24)25/h5-8,10,17-19H,3-4,9,11-15H2,1-2H3,(H,24,25)/b7-5+,8-6+,16-10+. The summed E-state index contributed by atoms with van der Waals surface area (Å²) in [5.74, 6) is -0.833. The van der Waals surface area contributed by atoms with Crippen LogP contribution in [0, 0.1) is 0 Å². The Morgan fingerprint density at radius 1 is 0.880 bits per heavy atom. The van der Waals surface area contributed by atoms with Gasteiger partial charge in [0.15, 0.2) is 0 Å². The molecule has 0 aliphatic carbocycles. The van der Waals surface area contributed by atoms with Gasteiger partial charge >= 0.3 is 5.97 Å². The van der Waals surface area contributed by atoms with Crippen molar-refractivity contribution in [1.82, 2.24) is 0 Å². The Balaban J connectivity index is 3.95. The van der Waals surface area contributed by atoms with Crippen molar-refractivity contribution in [2.75, 3.05) is 0 Å². The van der Waals surface area contributed by atoms with Crippen LogP contribution in [0.3, 0.4) is 0 Å². The number of hydrogen-bond acceptors (Lipinski definition) is 1. The lowest BCUT2D eigenvalue weighted by Crippen LogP contribution is -2.06. The number of rotatable bonds is 14. The van der Waals surface area contributed by atoms with Crippen molar-refractivity contribution in [3.63, 3.8) is 0 Å². The molecule has 0 saturated carbocycles. The fourth-order valence-electron chi connectivity index (χ4n) is 2.32. The van der Waals surface area contributed by atoms with Crippen LogP contribution in [-0.2, 0) is 4.79 Å². The Morgan fingerprint density at radius 3 is 1.96 bits per heavy atom. The normalized spacial score (nSPS) is 16.4. The first-order valence-electron chi connectivity index (χ1n) is 9.08. The topological polar surface area (TPSA) is 37.3 Å². The van der Waals surface area contributed by atoms with Gasteiger partial charge in [-0.15, -0.1) is 0 Å². The molecule has 0 spiro atoms. The first-order valence-corrected chi connectivity index (χ1v) is 12.8. The lowest BCUT2D eigenvalue weighted by molar-refractivity contribution is -0.132. The maximum Gasteiger partial charge on any atom is 0.331 e. The van der Waals surface area contributed by atoms with E-state index in [1.54, 1.807) is 6.08 Å². The van der Waals surface area contributed by atoms with Crippen LogP contribution in [0.15, 0.2) is 36.0 Å². The van der Waals surface area contributed by atoms with Crippen LogP contribution in [0.4, 0.5) is 0 Å². The summed E-state index contributed by atoms with van der Waals surface area (Å²) in [7, 11) is 0. The van der Waals surface area contributed by atoms with Gasteiger partial charge in [-0.2, -0.15) is 0 Å². The summed E-state index contributed by atoms with van der Waals surface area (Å²) in [4.78, 5) is 10.9. The van der Waals surface area contributed by atoms with Gasteiger partial charge in [0.25, 0.3) is 0 Å². The Morgan fingerprint density at radius 2 is 1.44 bits per heavy atom. The molecule has 0 bridgehead atoms. The van der Waals surface area contributed by atoms with Crippen LogP contribution in [0.1, 0.15) is 65.2 Å². The SMILES string of the molecule is CCCC(I)CCC(I)CCC(I)C/C=C/C=C/C=C(\CC)C(=O)O. The monoisotopic (exact) mass is 684 g/mol. The molecule has 2 nitrogen and oxygen atoms in total. The van der Waals surface area contributed by atoms with Gasteiger partial charge < -0.3 is 5.11 Å². The lowest BCUT2D eigenvalue weighted by Gasteiger charge is -2.14. The maximum atomic E-state index is 10.9. The summed E-state index contributed by atoms with van der Waals surface area (Å²) in [6.07, 6.45) is 19.1. The Bertz CT molecular complexity index is 444. The summed E-state index contributed by atoms with van der Waals surface area (Å²) in [5, 5.41) is 8.93. The van der Waals surface area contributed by atoms with Crippen LogP contribution in [0.25, 0.3) is 0 Å². The second kappa shape index (κ2) is 17.0. The predicted octanol–water partition coefficient (Wildman–Crippen LogP) is 7.68. The van der Waals surface area contributed by atoms with E-state index in [2.05, 4.69) is 80.8 Å². The summed E-state index contributed by atoms with van der Waals surface area (Å²) in [6.45, 7) is 4.12. The van der Waals surface area contributed by atoms with Crippen molar-refractivity contribution < 1.29 is 9.90 Å². The van der Waals surface area contributed by atoms with E-state index in [4.69, 9.17) is 5.11 Å². The summed E-state index contributed by atoms with van der Waals surface area (Å²) in [6, 6.07) is 0. The molecule has 0 rings (SSSR count). The number of carboxylic acid groups (broad SMARTS) is 1. The van der Waals surface area contributed by atoms with Gasteiger partial charge in [-0.1, -0.05) is 118 Å². The Kier molecular flexibility index (Phi) is 17.6. The Hall–Kier alpha value is 0.880. The third-order valence-electron chi connectivity index (χ3n) is 3.89. The van der Waals surface area contributed by atoms with Crippen LogP contribution in [-0.4, -0.2) is 22.8 Å². The molecule has 25 heavy (non-hydrogen) atoms. The molecule has 1 N–H and O–H groups in total. The largest absolute Gasteiger partial charge is 0.478 e. The van der Waals surface area contributed by atoms with Crippen molar-refractivity contribution >= 4 is 73.7 Å². The maximum absolute atomic E-state index is 10.9. The van der Waals surface area contributed by atoms with Gasteiger partial charge in [-0.3, -0.25) is 0 Å². The summed E-state index contributed by atoms with van der Waals surface area (Å²) >= 11 is 7.76. The van der Waals surface area contributed by atoms with Gasteiger partial charge in [0.1, 0.15) is 0 Å². The van der Waals surface area contributed by atoms with Crippen LogP contribution < -0.4 is 0 Å². The first-order chi connectivity index (χ1) is 11.9. The molecule has 0 aromatic rings. The minimum absolute atomic E-state index is 0.442. The third-order valence-corrected chi connectivity index (χ3v) is 7.51. The van der Waals surface area contributed by atoms with E-state index in [1.807, 2.05) is 25.2 Å². The van der Waals surface area contributed by atoms with Crippen molar-refractivity contribution in [3.8, 4) is 0 Å². The lowest BCUT2D eigenvalue weighted by atomic mass is 10.1. The average molecular weight is 684 g/mol. The summed E-state index contributed by atoms with van der Waals surface area (Å²) in [5.41, 5.74) is 0.442. The number of halogens is 3. The molecule has 0 heterocycles. The van der Waals surface area contributed by atoms with Crippen molar-refractivity contribution in [3.05, 3.63) is 36.0 Å². The molecule has 5 heteroatoms.